The second-order valence-corrected chi connectivity index (χ2v) is 3.78. The second kappa shape index (κ2) is 4.16. The molecule has 0 saturated heterocycles. The first-order valence-electron chi connectivity index (χ1n) is 3.81. The van der Waals surface area contributed by atoms with Crippen LogP contribution in [0.2, 0.25) is 0 Å². The van der Waals surface area contributed by atoms with E-state index in [9.17, 15) is 0 Å². The molecule has 1 atom stereocenters. The predicted octanol–water partition coefficient (Wildman–Crippen LogP) is 3.58. The van der Waals surface area contributed by atoms with Crippen LogP contribution in [0.1, 0.15) is 46.5 Å². The second-order valence-electron chi connectivity index (χ2n) is 2.87. The number of unbranched alkanes of at least 4 members (excludes halogenated alkanes) is 1. The molecule has 0 aliphatic rings. The lowest BCUT2D eigenvalue weighted by Crippen LogP contribution is -2.13. The number of rotatable bonds is 4. The van der Waals surface area contributed by atoms with Gasteiger partial charge in [-0.1, -0.05) is 26.7 Å². The molecule has 0 N–H and O–H groups in total. The monoisotopic (exact) mass is 148 g/mol. The summed E-state index contributed by atoms with van der Waals surface area (Å²) in [5.74, 6) is 0. The molecule has 1 unspecified atom stereocenters. The van der Waals surface area contributed by atoms with Gasteiger partial charge in [0.05, 0.1) is 0 Å². The summed E-state index contributed by atoms with van der Waals surface area (Å²) in [4.78, 5) is 0.0655. The molecule has 0 aromatic heterocycles. The standard InChI is InChI=1S/C8H17Cl/c1-4-6-7-8(3,9)5-2/h4-7H2,1-3H3. The Morgan fingerprint density at radius 1 is 1.33 bits per heavy atom. The van der Waals surface area contributed by atoms with E-state index in [-0.39, 0.29) is 4.87 Å². The third-order valence-corrected chi connectivity index (χ3v) is 2.25. The zero-order chi connectivity index (χ0) is 7.33. The minimum atomic E-state index is 0.0655. The van der Waals surface area contributed by atoms with Crippen molar-refractivity contribution in [1.82, 2.24) is 0 Å². The molecule has 0 heterocycles. The van der Waals surface area contributed by atoms with Crippen molar-refractivity contribution in [2.24, 2.45) is 0 Å². The van der Waals surface area contributed by atoms with E-state index in [0.717, 1.165) is 12.8 Å². The quantitative estimate of drug-likeness (QED) is 0.535. The van der Waals surface area contributed by atoms with Crippen LogP contribution in [0.4, 0.5) is 0 Å². The molecule has 0 aromatic carbocycles. The molecule has 0 spiro atoms. The molecule has 0 saturated carbocycles. The minimum absolute atomic E-state index is 0.0655. The third-order valence-electron chi connectivity index (χ3n) is 1.79. The van der Waals surface area contributed by atoms with E-state index in [2.05, 4.69) is 20.8 Å². The van der Waals surface area contributed by atoms with Gasteiger partial charge in [0.1, 0.15) is 0 Å². The smallest absolute Gasteiger partial charge is 0.0416 e. The molecule has 0 amide bonds. The molecule has 0 nitrogen and oxygen atoms in total. The van der Waals surface area contributed by atoms with Crippen LogP contribution in [0.25, 0.3) is 0 Å². The van der Waals surface area contributed by atoms with Gasteiger partial charge in [0, 0.05) is 4.87 Å². The SMILES string of the molecule is CCCCC(C)(Cl)CC. The van der Waals surface area contributed by atoms with Gasteiger partial charge in [-0.15, -0.1) is 11.6 Å². The summed E-state index contributed by atoms with van der Waals surface area (Å²) in [6.07, 6.45) is 4.74. The molecule has 0 aromatic rings. The number of hydrogen-bond acceptors (Lipinski definition) is 0. The van der Waals surface area contributed by atoms with Crippen molar-refractivity contribution < 1.29 is 0 Å². The van der Waals surface area contributed by atoms with Gasteiger partial charge in [0.15, 0.2) is 0 Å². The van der Waals surface area contributed by atoms with Crippen molar-refractivity contribution >= 4 is 11.6 Å². The fraction of sp³-hybridized carbons (Fsp3) is 1.00. The summed E-state index contributed by atoms with van der Waals surface area (Å²) in [5.41, 5.74) is 0. The molecule has 56 valence electrons. The summed E-state index contributed by atoms with van der Waals surface area (Å²) in [6.45, 7) is 6.45. The van der Waals surface area contributed by atoms with Gasteiger partial charge in [-0.05, 0) is 19.8 Å². The summed E-state index contributed by atoms with van der Waals surface area (Å²) in [7, 11) is 0. The topological polar surface area (TPSA) is 0 Å². The molecule has 0 radical (unpaired) electrons. The molecule has 1 heteroatoms. The zero-order valence-corrected chi connectivity index (χ0v) is 7.46. The zero-order valence-electron chi connectivity index (χ0n) is 6.71. The molecular weight excluding hydrogens is 132 g/mol. The maximum atomic E-state index is 6.10. The van der Waals surface area contributed by atoms with Gasteiger partial charge >= 0.3 is 0 Å². The van der Waals surface area contributed by atoms with E-state index >= 15 is 0 Å². The Labute approximate surface area is 63.6 Å². The summed E-state index contributed by atoms with van der Waals surface area (Å²) in [6, 6.07) is 0. The summed E-state index contributed by atoms with van der Waals surface area (Å²) < 4.78 is 0. The molecule has 0 aliphatic heterocycles. The predicted molar refractivity (Wildman–Crippen MR) is 44.1 cm³/mol. The molecule has 0 aliphatic carbocycles. The lowest BCUT2D eigenvalue weighted by Gasteiger charge is -2.18. The van der Waals surface area contributed by atoms with Crippen LogP contribution in [0.5, 0.6) is 0 Å². The van der Waals surface area contributed by atoms with Crippen molar-refractivity contribution in [2.75, 3.05) is 0 Å². The Balaban J connectivity index is 3.33. The number of halogens is 1. The van der Waals surface area contributed by atoms with Gasteiger partial charge in [-0.25, -0.2) is 0 Å². The van der Waals surface area contributed by atoms with Crippen LogP contribution < -0.4 is 0 Å². The van der Waals surface area contributed by atoms with Gasteiger partial charge in [0.2, 0.25) is 0 Å². The first kappa shape index (κ1) is 9.29. The van der Waals surface area contributed by atoms with Gasteiger partial charge in [-0.2, -0.15) is 0 Å². The van der Waals surface area contributed by atoms with Crippen molar-refractivity contribution in [1.29, 1.82) is 0 Å². The first-order valence-corrected chi connectivity index (χ1v) is 4.19. The number of hydrogen-bond donors (Lipinski definition) is 0. The number of alkyl halides is 1. The van der Waals surface area contributed by atoms with Gasteiger partial charge in [-0.3, -0.25) is 0 Å². The molecular formula is C8H17Cl. The average Bonchev–Trinajstić information content (AvgIpc) is 1.84. The van der Waals surface area contributed by atoms with Gasteiger partial charge in [0.25, 0.3) is 0 Å². The Hall–Kier alpha value is 0.290. The summed E-state index contributed by atoms with van der Waals surface area (Å²) >= 11 is 6.10. The normalized spacial score (nSPS) is 17.3. The van der Waals surface area contributed by atoms with Crippen LogP contribution >= 0.6 is 11.6 Å². The largest absolute Gasteiger partial charge is 0.120 e. The van der Waals surface area contributed by atoms with E-state index in [1.807, 2.05) is 0 Å². The van der Waals surface area contributed by atoms with E-state index in [0.29, 0.717) is 0 Å². The Kier molecular flexibility index (Phi) is 4.29. The van der Waals surface area contributed by atoms with Crippen LogP contribution in [0.3, 0.4) is 0 Å². The highest BCUT2D eigenvalue weighted by Crippen LogP contribution is 2.24. The molecule has 0 fully saturated rings. The Morgan fingerprint density at radius 2 is 1.89 bits per heavy atom. The highest BCUT2D eigenvalue weighted by Gasteiger charge is 2.15. The highest BCUT2D eigenvalue weighted by molar-refractivity contribution is 6.23. The highest BCUT2D eigenvalue weighted by atomic mass is 35.5. The summed E-state index contributed by atoms with van der Waals surface area (Å²) in [5, 5.41) is 0. The van der Waals surface area contributed by atoms with Crippen molar-refractivity contribution in [3.63, 3.8) is 0 Å². The lowest BCUT2D eigenvalue weighted by molar-refractivity contribution is 0.528. The van der Waals surface area contributed by atoms with Crippen LogP contribution in [-0.4, -0.2) is 4.87 Å². The van der Waals surface area contributed by atoms with E-state index < -0.39 is 0 Å². The maximum absolute atomic E-state index is 6.10. The fourth-order valence-electron chi connectivity index (χ4n) is 0.722. The Morgan fingerprint density at radius 3 is 2.22 bits per heavy atom. The molecule has 0 bridgehead atoms. The van der Waals surface area contributed by atoms with Crippen molar-refractivity contribution in [3.8, 4) is 0 Å². The van der Waals surface area contributed by atoms with Gasteiger partial charge < -0.3 is 0 Å². The Bertz CT molecular complexity index is 67.0. The van der Waals surface area contributed by atoms with Crippen molar-refractivity contribution in [2.45, 2.75) is 51.3 Å². The third kappa shape index (κ3) is 4.77. The van der Waals surface area contributed by atoms with E-state index in [1.165, 1.54) is 12.8 Å². The minimum Gasteiger partial charge on any atom is -0.120 e. The van der Waals surface area contributed by atoms with Crippen molar-refractivity contribution in [3.05, 3.63) is 0 Å². The van der Waals surface area contributed by atoms with Crippen LogP contribution in [-0.2, 0) is 0 Å². The first-order chi connectivity index (χ1) is 4.12. The maximum Gasteiger partial charge on any atom is 0.0416 e. The molecule has 9 heavy (non-hydrogen) atoms. The van der Waals surface area contributed by atoms with Crippen LogP contribution in [0.15, 0.2) is 0 Å². The lowest BCUT2D eigenvalue weighted by atomic mass is 10.0. The van der Waals surface area contributed by atoms with Crippen LogP contribution in [0, 0.1) is 0 Å². The van der Waals surface area contributed by atoms with E-state index in [4.69, 9.17) is 11.6 Å². The molecule has 0 rings (SSSR count). The average molecular weight is 149 g/mol. The van der Waals surface area contributed by atoms with E-state index in [1.54, 1.807) is 0 Å². The fourth-order valence-corrected chi connectivity index (χ4v) is 0.856.